The number of hydrogen-bond donors (Lipinski definition) is 2. The van der Waals surface area contributed by atoms with Crippen molar-refractivity contribution in [3.8, 4) is 5.75 Å². The van der Waals surface area contributed by atoms with Crippen LogP contribution in [0.3, 0.4) is 0 Å². The van der Waals surface area contributed by atoms with Crippen LogP contribution in [0.5, 0.6) is 5.75 Å². The number of anilines is 2. The first-order chi connectivity index (χ1) is 12.3. The molecule has 9 heteroatoms. The highest BCUT2D eigenvalue weighted by Crippen LogP contribution is 2.33. The molecule has 0 fully saturated rings. The Hall–Kier alpha value is -3.07. The Bertz CT molecular complexity index is 986. The number of amides is 1. The van der Waals surface area contributed by atoms with Gasteiger partial charge in [-0.2, -0.15) is 0 Å². The SMILES string of the molecule is COC(=O)c1ccccc1S(=O)(=O)Nc1ccc2c(c1)NC(=O)[C@H](C)O2. The van der Waals surface area contributed by atoms with E-state index in [1.54, 1.807) is 13.0 Å². The minimum absolute atomic E-state index is 0.0779. The van der Waals surface area contributed by atoms with E-state index in [4.69, 9.17) is 4.74 Å². The van der Waals surface area contributed by atoms with Gasteiger partial charge in [0.15, 0.2) is 6.10 Å². The quantitative estimate of drug-likeness (QED) is 0.790. The van der Waals surface area contributed by atoms with Crippen molar-refractivity contribution in [2.75, 3.05) is 17.1 Å². The van der Waals surface area contributed by atoms with Gasteiger partial charge >= 0.3 is 5.97 Å². The summed E-state index contributed by atoms with van der Waals surface area (Å²) in [7, 11) is -2.88. The van der Waals surface area contributed by atoms with E-state index >= 15 is 0 Å². The van der Waals surface area contributed by atoms with Crippen LogP contribution in [-0.4, -0.2) is 33.5 Å². The van der Waals surface area contributed by atoms with Crippen LogP contribution in [0.15, 0.2) is 47.4 Å². The highest BCUT2D eigenvalue weighted by molar-refractivity contribution is 7.92. The number of methoxy groups -OCH3 is 1. The average molecular weight is 376 g/mol. The summed E-state index contributed by atoms with van der Waals surface area (Å²) >= 11 is 0. The van der Waals surface area contributed by atoms with Crippen LogP contribution in [0.25, 0.3) is 0 Å². The van der Waals surface area contributed by atoms with Gasteiger partial charge < -0.3 is 14.8 Å². The van der Waals surface area contributed by atoms with Gasteiger partial charge in [-0.3, -0.25) is 9.52 Å². The van der Waals surface area contributed by atoms with E-state index < -0.39 is 22.1 Å². The lowest BCUT2D eigenvalue weighted by Gasteiger charge is -2.23. The molecule has 0 saturated carbocycles. The molecule has 136 valence electrons. The molecule has 1 heterocycles. The third kappa shape index (κ3) is 3.33. The molecular weight excluding hydrogens is 360 g/mol. The average Bonchev–Trinajstić information content (AvgIpc) is 2.62. The van der Waals surface area contributed by atoms with Crippen molar-refractivity contribution >= 4 is 33.3 Å². The molecule has 0 spiro atoms. The van der Waals surface area contributed by atoms with Crippen LogP contribution in [0, 0.1) is 0 Å². The first kappa shape index (κ1) is 17.7. The summed E-state index contributed by atoms with van der Waals surface area (Å²) in [4.78, 5) is 23.3. The van der Waals surface area contributed by atoms with Crippen molar-refractivity contribution in [3.05, 3.63) is 48.0 Å². The molecule has 1 aliphatic rings. The van der Waals surface area contributed by atoms with Gasteiger partial charge in [-0.05, 0) is 37.3 Å². The Balaban J connectivity index is 1.93. The number of benzene rings is 2. The number of ether oxygens (including phenoxy) is 2. The standard InChI is InChI=1S/C17H16N2O6S/c1-10-16(20)18-13-9-11(7-8-14(13)25-10)19-26(22,23)15-6-4-3-5-12(15)17(21)24-2/h3-10,19H,1-2H3,(H,18,20)/t10-/m0/s1. The number of carbonyl (C=O) groups is 2. The molecule has 1 atom stereocenters. The van der Waals surface area contributed by atoms with E-state index in [9.17, 15) is 18.0 Å². The van der Waals surface area contributed by atoms with E-state index in [1.165, 1.54) is 43.5 Å². The molecule has 0 aliphatic carbocycles. The van der Waals surface area contributed by atoms with E-state index in [1.807, 2.05) is 0 Å². The molecule has 0 saturated heterocycles. The van der Waals surface area contributed by atoms with Crippen LogP contribution in [0.4, 0.5) is 11.4 Å². The van der Waals surface area contributed by atoms with Crippen LogP contribution >= 0.6 is 0 Å². The van der Waals surface area contributed by atoms with Gasteiger partial charge in [-0.25, -0.2) is 13.2 Å². The van der Waals surface area contributed by atoms with Gasteiger partial charge in [0.25, 0.3) is 15.9 Å². The molecule has 0 bridgehead atoms. The maximum Gasteiger partial charge on any atom is 0.339 e. The van der Waals surface area contributed by atoms with Crippen molar-refractivity contribution in [1.82, 2.24) is 0 Å². The number of rotatable bonds is 4. The second-order valence-electron chi connectivity index (χ2n) is 5.55. The van der Waals surface area contributed by atoms with Crippen LogP contribution in [-0.2, 0) is 19.6 Å². The largest absolute Gasteiger partial charge is 0.479 e. The Morgan fingerprint density at radius 3 is 2.69 bits per heavy atom. The lowest BCUT2D eigenvalue weighted by Crippen LogP contribution is -2.34. The first-order valence-corrected chi connectivity index (χ1v) is 9.12. The summed E-state index contributed by atoms with van der Waals surface area (Å²) in [5, 5.41) is 2.64. The van der Waals surface area contributed by atoms with E-state index in [-0.39, 0.29) is 22.1 Å². The van der Waals surface area contributed by atoms with Gasteiger partial charge in [-0.1, -0.05) is 12.1 Å². The molecule has 8 nitrogen and oxygen atoms in total. The third-order valence-corrected chi connectivity index (χ3v) is 5.18. The predicted octanol–water partition coefficient (Wildman–Crippen LogP) is 1.99. The summed E-state index contributed by atoms with van der Waals surface area (Å²) in [6.45, 7) is 1.61. The van der Waals surface area contributed by atoms with Gasteiger partial charge in [0.1, 0.15) is 10.6 Å². The fraction of sp³-hybridized carbons (Fsp3) is 0.176. The maximum absolute atomic E-state index is 12.7. The van der Waals surface area contributed by atoms with Crippen LogP contribution in [0.2, 0.25) is 0 Å². The Morgan fingerprint density at radius 2 is 1.96 bits per heavy atom. The van der Waals surface area contributed by atoms with Gasteiger partial charge in [0, 0.05) is 0 Å². The van der Waals surface area contributed by atoms with Crippen molar-refractivity contribution < 1.29 is 27.5 Å². The summed E-state index contributed by atoms with van der Waals surface area (Å²) in [6, 6.07) is 10.2. The lowest BCUT2D eigenvalue weighted by atomic mass is 10.2. The monoisotopic (exact) mass is 376 g/mol. The Labute approximate surface area is 150 Å². The minimum Gasteiger partial charge on any atom is -0.479 e. The molecule has 0 aromatic heterocycles. The molecule has 2 N–H and O–H groups in total. The Kier molecular flexibility index (Phi) is 4.56. The van der Waals surface area contributed by atoms with Crippen molar-refractivity contribution in [2.24, 2.45) is 0 Å². The second kappa shape index (κ2) is 6.68. The molecule has 0 unspecified atom stereocenters. The molecular formula is C17H16N2O6S. The van der Waals surface area contributed by atoms with E-state index in [0.29, 0.717) is 11.4 Å². The molecule has 26 heavy (non-hydrogen) atoms. The first-order valence-electron chi connectivity index (χ1n) is 7.63. The molecule has 2 aromatic carbocycles. The number of esters is 1. The number of nitrogens with one attached hydrogen (secondary N) is 2. The molecule has 3 rings (SSSR count). The van der Waals surface area contributed by atoms with Gasteiger partial charge in [0.2, 0.25) is 0 Å². The number of carbonyl (C=O) groups excluding carboxylic acids is 2. The summed E-state index contributed by atoms with van der Waals surface area (Å²) in [5.41, 5.74) is 0.488. The summed E-state index contributed by atoms with van der Waals surface area (Å²) < 4.78 is 37.8. The minimum atomic E-state index is -4.05. The number of hydrogen-bond acceptors (Lipinski definition) is 6. The van der Waals surface area contributed by atoms with Crippen molar-refractivity contribution in [3.63, 3.8) is 0 Å². The predicted molar refractivity (Wildman–Crippen MR) is 93.8 cm³/mol. The van der Waals surface area contributed by atoms with Gasteiger partial charge in [-0.15, -0.1) is 0 Å². The second-order valence-corrected chi connectivity index (χ2v) is 7.20. The van der Waals surface area contributed by atoms with Crippen molar-refractivity contribution in [2.45, 2.75) is 17.9 Å². The molecule has 1 aliphatic heterocycles. The Morgan fingerprint density at radius 1 is 1.23 bits per heavy atom. The zero-order valence-electron chi connectivity index (χ0n) is 14.0. The maximum atomic E-state index is 12.7. The molecule has 2 aromatic rings. The zero-order valence-corrected chi connectivity index (χ0v) is 14.8. The fourth-order valence-corrected chi connectivity index (χ4v) is 3.71. The smallest absolute Gasteiger partial charge is 0.339 e. The van der Waals surface area contributed by atoms with Crippen molar-refractivity contribution in [1.29, 1.82) is 0 Å². The van der Waals surface area contributed by atoms with E-state index in [2.05, 4.69) is 14.8 Å². The van der Waals surface area contributed by atoms with E-state index in [0.717, 1.165) is 0 Å². The van der Waals surface area contributed by atoms with Crippen LogP contribution in [0.1, 0.15) is 17.3 Å². The highest BCUT2D eigenvalue weighted by atomic mass is 32.2. The van der Waals surface area contributed by atoms with Crippen LogP contribution < -0.4 is 14.8 Å². The highest BCUT2D eigenvalue weighted by Gasteiger charge is 2.26. The normalized spacial score (nSPS) is 16.1. The topological polar surface area (TPSA) is 111 Å². The molecule has 0 radical (unpaired) electrons. The number of fused-ring (bicyclic) bond motifs is 1. The zero-order chi connectivity index (χ0) is 18.9. The summed E-state index contributed by atoms with van der Waals surface area (Å²) in [5.74, 6) is -0.644. The number of sulfonamides is 1. The summed E-state index contributed by atoms with van der Waals surface area (Å²) in [6.07, 6.45) is -0.628. The third-order valence-electron chi connectivity index (χ3n) is 3.74. The fourth-order valence-electron chi connectivity index (χ4n) is 2.46. The van der Waals surface area contributed by atoms with Gasteiger partial charge in [0.05, 0.1) is 24.0 Å². The lowest BCUT2D eigenvalue weighted by molar-refractivity contribution is -0.122. The molecule has 1 amide bonds.